The Morgan fingerprint density at radius 2 is 1.87 bits per heavy atom. The van der Waals surface area contributed by atoms with Crippen LogP contribution in [0.3, 0.4) is 0 Å². The lowest BCUT2D eigenvalue weighted by molar-refractivity contribution is -0.144. The predicted octanol–water partition coefficient (Wildman–Crippen LogP) is 6.05. The van der Waals surface area contributed by atoms with Gasteiger partial charge in [0.2, 0.25) is 11.8 Å². The third-order valence-electron chi connectivity index (χ3n) is 7.67. The van der Waals surface area contributed by atoms with E-state index in [0.29, 0.717) is 23.3 Å². The molecular formula is C30H36Cl2N4O2. The van der Waals surface area contributed by atoms with Crippen LogP contribution in [-0.4, -0.2) is 58.8 Å². The topological polar surface area (TPSA) is 65.5 Å². The molecule has 1 fully saturated rings. The van der Waals surface area contributed by atoms with Crippen molar-refractivity contribution in [2.45, 2.75) is 64.1 Å². The number of hydrogen-bond acceptors (Lipinski definition) is 4. The number of nitrogens with one attached hydrogen (secondary N) is 1. The maximum absolute atomic E-state index is 13.4. The second-order valence-corrected chi connectivity index (χ2v) is 10.9. The fraction of sp³-hybridized carbons (Fsp3) is 0.433. The van der Waals surface area contributed by atoms with Crippen molar-refractivity contribution in [2.24, 2.45) is 0 Å². The van der Waals surface area contributed by atoms with E-state index in [1.54, 1.807) is 17.2 Å². The smallest absolute Gasteiger partial charge is 0.242 e. The first-order chi connectivity index (χ1) is 18.3. The Hall–Kier alpha value is -2.67. The SMILES string of the molecule is CCC(c1ccc(Cl)nc1)C(CC)N(C)C(=O)CN1CCC[C@H](NCc2ccc3cc(Cl)ccc3c2)C1=O. The summed E-state index contributed by atoms with van der Waals surface area (Å²) in [7, 11) is 1.85. The Kier molecular flexibility index (Phi) is 9.64. The van der Waals surface area contributed by atoms with E-state index in [0.717, 1.165) is 47.6 Å². The van der Waals surface area contributed by atoms with E-state index >= 15 is 0 Å². The van der Waals surface area contributed by atoms with Crippen LogP contribution < -0.4 is 5.32 Å². The van der Waals surface area contributed by atoms with Gasteiger partial charge in [-0.2, -0.15) is 0 Å². The monoisotopic (exact) mass is 554 g/mol. The number of carbonyl (C=O) groups excluding carboxylic acids is 2. The number of benzene rings is 2. The molecule has 8 heteroatoms. The molecule has 2 aromatic carbocycles. The summed E-state index contributed by atoms with van der Waals surface area (Å²) in [6, 6.07) is 15.6. The first-order valence-electron chi connectivity index (χ1n) is 13.4. The number of nitrogens with zero attached hydrogens (tertiary/aromatic N) is 3. The van der Waals surface area contributed by atoms with Crippen LogP contribution in [-0.2, 0) is 16.1 Å². The van der Waals surface area contributed by atoms with Gasteiger partial charge in [-0.05, 0) is 71.8 Å². The highest BCUT2D eigenvalue weighted by Crippen LogP contribution is 2.29. The lowest BCUT2D eigenvalue weighted by Gasteiger charge is -2.37. The van der Waals surface area contributed by atoms with E-state index in [1.807, 2.05) is 36.2 Å². The largest absolute Gasteiger partial charge is 0.341 e. The van der Waals surface area contributed by atoms with E-state index in [4.69, 9.17) is 23.2 Å². The van der Waals surface area contributed by atoms with Gasteiger partial charge >= 0.3 is 0 Å². The summed E-state index contributed by atoms with van der Waals surface area (Å²) in [5.41, 5.74) is 2.17. The number of hydrogen-bond donors (Lipinski definition) is 1. The number of pyridine rings is 1. The number of piperidine rings is 1. The van der Waals surface area contributed by atoms with Crippen LogP contribution in [0.25, 0.3) is 10.8 Å². The number of amides is 2. The molecule has 3 aromatic rings. The number of fused-ring (bicyclic) bond motifs is 1. The van der Waals surface area contributed by atoms with Gasteiger partial charge in [0.15, 0.2) is 0 Å². The molecule has 38 heavy (non-hydrogen) atoms. The Morgan fingerprint density at radius 3 is 2.58 bits per heavy atom. The maximum atomic E-state index is 13.4. The van der Waals surface area contributed by atoms with Gasteiger partial charge in [-0.15, -0.1) is 0 Å². The Labute approximate surface area is 235 Å². The van der Waals surface area contributed by atoms with E-state index in [1.165, 1.54) is 0 Å². The van der Waals surface area contributed by atoms with Gasteiger partial charge < -0.3 is 15.1 Å². The molecular weight excluding hydrogens is 519 g/mol. The molecule has 1 aliphatic heterocycles. The Bertz CT molecular complexity index is 1270. The van der Waals surface area contributed by atoms with Gasteiger partial charge in [-0.1, -0.05) is 61.3 Å². The van der Waals surface area contributed by atoms with Crippen molar-refractivity contribution in [3.8, 4) is 0 Å². The molecule has 4 rings (SSSR count). The zero-order chi connectivity index (χ0) is 27.2. The summed E-state index contributed by atoms with van der Waals surface area (Å²) in [5.74, 6) is 0.0927. The van der Waals surface area contributed by atoms with Crippen molar-refractivity contribution < 1.29 is 9.59 Å². The van der Waals surface area contributed by atoms with Gasteiger partial charge in [-0.25, -0.2) is 4.98 Å². The van der Waals surface area contributed by atoms with Gasteiger partial charge in [0, 0.05) is 43.3 Å². The lowest BCUT2D eigenvalue weighted by Crippen LogP contribution is -2.54. The van der Waals surface area contributed by atoms with Crippen LogP contribution in [0.1, 0.15) is 56.6 Å². The minimum Gasteiger partial charge on any atom is -0.341 e. The molecule has 0 bridgehead atoms. The number of aromatic nitrogens is 1. The van der Waals surface area contributed by atoms with E-state index < -0.39 is 0 Å². The van der Waals surface area contributed by atoms with Crippen molar-refractivity contribution >= 4 is 45.8 Å². The third kappa shape index (κ3) is 6.66. The predicted molar refractivity (Wildman–Crippen MR) is 155 cm³/mol. The van der Waals surface area contributed by atoms with Crippen LogP contribution in [0.5, 0.6) is 0 Å². The summed E-state index contributed by atoms with van der Waals surface area (Å²) < 4.78 is 0. The van der Waals surface area contributed by atoms with Crippen molar-refractivity contribution in [3.63, 3.8) is 0 Å². The van der Waals surface area contributed by atoms with Gasteiger partial charge in [0.1, 0.15) is 5.15 Å². The summed E-state index contributed by atoms with van der Waals surface area (Å²) in [6.45, 7) is 5.49. The molecule has 1 N–H and O–H groups in total. The minimum atomic E-state index is -0.298. The van der Waals surface area contributed by atoms with Crippen LogP contribution in [0.2, 0.25) is 10.2 Å². The van der Waals surface area contributed by atoms with Crippen molar-refractivity contribution in [2.75, 3.05) is 20.1 Å². The highest BCUT2D eigenvalue weighted by Gasteiger charge is 2.33. The van der Waals surface area contributed by atoms with Crippen LogP contribution in [0, 0.1) is 0 Å². The molecule has 202 valence electrons. The number of carbonyl (C=O) groups is 2. The van der Waals surface area contributed by atoms with Gasteiger partial charge in [0.05, 0.1) is 12.6 Å². The summed E-state index contributed by atoms with van der Waals surface area (Å²) in [4.78, 5) is 34.4. The molecule has 0 aliphatic carbocycles. The van der Waals surface area contributed by atoms with Crippen molar-refractivity contribution in [1.29, 1.82) is 0 Å². The number of rotatable bonds is 10. The zero-order valence-electron chi connectivity index (χ0n) is 22.3. The maximum Gasteiger partial charge on any atom is 0.242 e. The molecule has 0 saturated carbocycles. The summed E-state index contributed by atoms with van der Waals surface area (Å²) >= 11 is 12.1. The molecule has 1 aromatic heterocycles. The number of likely N-dealkylation sites (N-methyl/N-ethyl adjacent to an activating group) is 1. The molecule has 0 spiro atoms. The summed E-state index contributed by atoms with van der Waals surface area (Å²) in [6.07, 6.45) is 5.10. The van der Waals surface area contributed by atoms with Crippen LogP contribution in [0.15, 0.2) is 54.7 Å². The van der Waals surface area contributed by atoms with Crippen molar-refractivity contribution in [1.82, 2.24) is 20.1 Å². The van der Waals surface area contributed by atoms with Gasteiger partial charge in [-0.3, -0.25) is 9.59 Å². The van der Waals surface area contributed by atoms with E-state index in [9.17, 15) is 9.59 Å². The second-order valence-electron chi connectivity index (χ2n) is 10.1. The molecule has 2 amide bonds. The Morgan fingerprint density at radius 1 is 1.11 bits per heavy atom. The number of likely N-dealkylation sites (tertiary alicyclic amines) is 1. The molecule has 2 unspecified atom stereocenters. The highest BCUT2D eigenvalue weighted by molar-refractivity contribution is 6.31. The second kappa shape index (κ2) is 12.9. The standard InChI is InChI=1S/C30H36Cl2N4O2/c1-4-25(23-11-13-28(32)34-18-23)27(5-2)35(3)29(37)19-36-14-6-7-26(30(36)38)33-17-20-8-9-22-16-24(31)12-10-21(22)15-20/h8-13,15-16,18,25-27,33H,4-7,14,17,19H2,1-3H3/t25?,26-,27?/m0/s1. The molecule has 1 aliphatic rings. The quantitative estimate of drug-likeness (QED) is 0.309. The first-order valence-corrected chi connectivity index (χ1v) is 14.1. The molecule has 2 heterocycles. The van der Waals surface area contributed by atoms with Crippen molar-refractivity contribution in [3.05, 3.63) is 76.0 Å². The highest BCUT2D eigenvalue weighted by atomic mass is 35.5. The van der Waals surface area contributed by atoms with Crippen LogP contribution in [0.4, 0.5) is 0 Å². The third-order valence-corrected chi connectivity index (χ3v) is 8.13. The van der Waals surface area contributed by atoms with E-state index in [2.05, 4.69) is 42.3 Å². The lowest BCUT2D eigenvalue weighted by atomic mass is 9.87. The fourth-order valence-corrected chi connectivity index (χ4v) is 5.82. The molecule has 1 saturated heterocycles. The average molecular weight is 556 g/mol. The molecule has 3 atom stereocenters. The Balaban J connectivity index is 1.37. The molecule has 0 radical (unpaired) electrons. The average Bonchev–Trinajstić information content (AvgIpc) is 2.92. The minimum absolute atomic E-state index is 0.00655. The molecule has 6 nitrogen and oxygen atoms in total. The van der Waals surface area contributed by atoms with Gasteiger partial charge in [0.25, 0.3) is 0 Å². The fourth-order valence-electron chi connectivity index (χ4n) is 5.53. The summed E-state index contributed by atoms with van der Waals surface area (Å²) in [5, 5.41) is 6.80. The first kappa shape index (κ1) is 28.3. The number of halogens is 2. The van der Waals surface area contributed by atoms with Crippen LogP contribution >= 0.6 is 23.2 Å². The van der Waals surface area contributed by atoms with E-state index in [-0.39, 0.29) is 36.4 Å². The zero-order valence-corrected chi connectivity index (χ0v) is 23.8. The normalized spacial score (nSPS) is 17.4.